The summed E-state index contributed by atoms with van der Waals surface area (Å²) in [5.74, 6) is 0. The predicted octanol–water partition coefficient (Wildman–Crippen LogP) is -0.644. The summed E-state index contributed by atoms with van der Waals surface area (Å²) < 4.78 is 5.12. The molecule has 0 aromatic heterocycles. The van der Waals surface area contributed by atoms with Crippen LogP contribution >= 0.6 is 0 Å². The number of ether oxygens (including phenoxy) is 1. The summed E-state index contributed by atoms with van der Waals surface area (Å²) >= 11 is 0. The normalized spacial score (nSPS) is 11.0. The molecule has 0 amide bonds. The molecule has 4 heteroatoms. The Morgan fingerprint density at radius 2 is 2.00 bits per heavy atom. The third-order valence-electron chi connectivity index (χ3n) is 1.54. The van der Waals surface area contributed by atoms with Crippen molar-refractivity contribution >= 4 is 0 Å². The highest BCUT2D eigenvalue weighted by Gasteiger charge is 2.02. The summed E-state index contributed by atoms with van der Waals surface area (Å²) in [5.41, 5.74) is 0. The van der Waals surface area contributed by atoms with Crippen LogP contribution in [0.5, 0.6) is 0 Å². The van der Waals surface area contributed by atoms with Gasteiger partial charge in [-0.25, -0.2) is 0 Å². The van der Waals surface area contributed by atoms with Gasteiger partial charge in [0.15, 0.2) is 0 Å². The molecule has 0 aliphatic heterocycles. The maximum atomic E-state index is 8.67. The predicted molar refractivity (Wildman–Crippen MR) is 47.1 cm³/mol. The Morgan fingerprint density at radius 1 is 1.33 bits per heavy atom. The molecule has 0 aliphatic carbocycles. The van der Waals surface area contributed by atoms with E-state index in [-0.39, 0.29) is 19.3 Å². The average molecular weight is 177 g/mol. The second-order valence-electron chi connectivity index (χ2n) is 2.57. The van der Waals surface area contributed by atoms with Crippen molar-refractivity contribution in [3.8, 4) is 0 Å². The van der Waals surface area contributed by atoms with Crippen molar-refractivity contribution in [2.75, 3.05) is 33.0 Å². The summed E-state index contributed by atoms with van der Waals surface area (Å²) in [7, 11) is 0. The zero-order chi connectivity index (χ0) is 9.23. The lowest BCUT2D eigenvalue weighted by Gasteiger charge is -2.12. The lowest BCUT2D eigenvalue weighted by Crippen LogP contribution is -2.36. The monoisotopic (exact) mass is 177 g/mol. The second-order valence-corrected chi connectivity index (χ2v) is 2.57. The average Bonchev–Trinajstić information content (AvgIpc) is 2.11. The standard InChI is InChI=1S/C8H19NO3/c1-2-12-5-3-4-9-8(6-10)7-11/h8-11H,2-7H2,1H3. The van der Waals surface area contributed by atoms with E-state index >= 15 is 0 Å². The van der Waals surface area contributed by atoms with Crippen LogP contribution < -0.4 is 5.32 Å². The lowest BCUT2D eigenvalue weighted by molar-refractivity contribution is 0.137. The SMILES string of the molecule is CCOCCCNC(CO)CO. The van der Waals surface area contributed by atoms with E-state index in [1.807, 2.05) is 6.92 Å². The molecule has 0 aromatic rings. The molecule has 12 heavy (non-hydrogen) atoms. The van der Waals surface area contributed by atoms with E-state index in [1.54, 1.807) is 0 Å². The van der Waals surface area contributed by atoms with Crippen LogP contribution in [-0.2, 0) is 4.74 Å². The maximum Gasteiger partial charge on any atom is 0.0607 e. The van der Waals surface area contributed by atoms with Crippen LogP contribution in [0.1, 0.15) is 13.3 Å². The Bertz CT molecular complexity index is 86.4. The van der Waals surface area contributed by atoms with Gasteiger partial charge in [0.1, 0.15) is 0 Å². The van der Waals surface area contributed by atoms with Crippen LogP contribution in [0.2, 0.25) is 0 Å². The van der Waals surface area contributed by atoms with Crippen LogP contribution in [0.15, 0.2) is 0 Å². The minimum Gasteiger partial charge on any atom is -0.395 e. The summed E-state index contributed by atoms with van der Waals surface area (Å²) in [6.07, 6.45) is 0.907. The number of hydrogen-bond acceptors (Lipinski definition) is 4. The van der Waals surface area contributed by atoms with Gasteiger partial charge in [-0.05, 0) is 19.9 Å². The van der Waals surface area contributed by atoms with Gasteiger partial charge in [-0.15, -0.1) is 0 Å². The zero-order valence-electron chi connectivity index (χ0n) is 7.62. The van der Waals surface area contributed by atoms with Crippen LogP contribution in [-0.4, -0.2) is 49.2 Å². The van der Waals surface area contributed by atoms with Crippen LogP contribution in [0.4, 0.5) is 0 Å². The lowest BCUT2D eigenvalue weighted by atomic mass is 10.3. The summed E-state index contributed by atoms with van der Waals surface area (Å²) in [6.45, 7) is 4.15. The molecule has 0 bridgehead atoms. The van der Waals surface area contributed by atoms with Crippen molar-refractivity contribution < 1.29 is 14.9 Å². The highest BCUT2D eigenvalue weighted by Crippen LogP contribution is 1.83. The molecule has 0 fully saturated rings. The Balaban J connectivity index is 3.06. The number of nitrogens with one attached hydrogen (secondary N) is 1. The second kappa shape index (κ2) is 8.93. The molecule has 0 spiro atoms. The largest absolute Gasteiger partial charge is 0.395 e. The van der Waals surface area contributed by atoms with Crippen molar-refractivity contribution in [3.05, 3.63) is 0 Å². The van der Waals surface area contributed by atoms with Gasteiger partial charge in [-0.1, -0.05) is 0 Å². The molecule has 0 aromatic carbocycles. The van der Waals surface area contributed by atoms with E-state index in [2.05, 4.69) is 5.32 Å². The third-order valence-corrected chi connectivity index (χ3v) is 1.54. The van der Waals surface area contributed by atoms with E-state index < -0.39 is 0 Å². The van der Waals surface area contributed by atoms with Crippen molar-refractivity contribution in [1.82, 2.24) is 5.32 Å². The topological polar surface area (TPSA) is 61.7 Å². The molecule has 0 saturated heterocycles. The van der Waals surface area contributed by atoms with Gasteiger partial charge in [0.05, 0.1) is 19.3 Å². The van der Waals surface area contributed by atoms with Gasteiger partial charge in [0.2, 0.25) is 0 Å². The molecule has 0 saturated carbocycles. The first-order valence-corrected chi connectivity index (χ1v) is 4.38. The Kier molecular flexibility index (Phi) is 8.81. The summed E-state index contributed by atoms with van der Waals surface area (Å²) in [6, 6.07) is -0.188. The zero-order valence-corrected chi connectivity index (χ0v) is 7.62. The quantitative estimate of drug-likeness (QED) is 0.431. The molecular formula is C8H19NO3. The van der Waals surface area contributed by atoms with Gasteiger partial charge < -0.3 is 20.3 Å². The maximum absolute atomic E-state index is 8.67. The van der Waals surface area contributed by atoms with E-state index in [1.165, 1.54) is 0 Å². The van der Waals surface area contributed by atoms with E-state index in [4.69, 9.17) is 14.9 Å². The van der Waals surface area contributed by atoms with Gasteiger partial charge in [-0.2, -0.15) is 0 Å². The van der Waals surface area contributed by atoms with Gasteiger partial charge in [-0.3, -0.25) is 0 Å². The number of aliphatic hydroxyl groups excluding tert-OH is 2. The smallest absolute Gasteiger partial charge is 0.0607 e. The Hall–Kier alpha value is -0.160. The Labute approximate surface area is 73.5 Å². The molecule has 74 valence electrons. The van der Waals surface area contributed by atoms with Gasteiger partial charge in [0.25, 0.3) is 0 Å². The van der Waals surface area contributed by atoms with Crippen LogP contribution in [0, 0.1) is 0 Å². The summed E-state index contributed by atoms with van der Waals surface area (Å²) in [4.78, 5) is 0. The van der Waals surface area contributed by atoms with Crippen molar-refractivity contribution in [2.24, 2.45) is 0 Å². The van der Waals surface area contributed by atoms with Crippen molar-refractivity contribution in [1.29, 1.82) is 0 Å². The molecule has 4 nitrogen and oxygen atoms in total. The van der Waals surface area contributed by atoms with Gasteiger partial charge in [0, 0.05) is 13.2 Å². The summed E-state index contributed by atoms with van der Waals surface area (Å²) in [5, 5.41) is 20.3. The van der Waals surface area contributed by atoms with Crippen molar-refractivity contribution in [3.63, 3.8) is 0 Å². The fourth-order valence-electron chi connectivity index (χ4n) is 0.812. The first-order valence-electron chi connectivity index (χ1n) is 4.38. The molecular weight excluding hydrogens is 158 g/mol. The Morgan fingerprint density at radius 3 is 2.50 bits per heavy atom. The van der Waals surface area contributed by atoms with E-state index in [0.29, 0.717) is 0 Å². The fraction of sp³-hybridized carbons (Fsp3) is 1.00. The number of rotatable bonds is 8. The molecule has 0 radical (unpaired) electrons. The first-order chi connectivity index (χ1) is 5.85. The van der Waals surface area contributed by atoms with Crippen LogP contribution in [0.3, 0.4) is 0 Å². The minimum atomic E-state index is -0.188. The van der Waals surface area contributed by atoms with E-state index in [0.717, 1.165) is 26.2 Å². The number of hydrogen-bond donors (Lipinski definition) is 3. The fourth-order valence-corrected chi connectivity index (χ4v) is 0.812. The molecule has 0 unspecified atom stereocenters. The first kappa shape index (κ1) is 11.8. The number of aliphatic hydroxyl groups is 2. The molecule has 0 rings (SSSR count). The molecule has 0 aliphatic rings. The van der Waals surface area contributed by atoms with Crippen LogP contribution in [0.25, 0.3) is 0 Å². The molecule has 0 heterocycles. The molecule has 0 atom stereocenters. The van der Waals surface area contributed by atoms with Gasteiger partial charge >= 0.3 is 0 Å². The third kappa shape index (κ3) is 6.54. The highest BCUT2D eigenvalue weighted by atomic mass is 16.5. The van der Waals surface area contributed by atoms with Crippen molar-refractivity contribution in [2.45, 2.75) is 19.4 Å². The molecule has 3 N–H and O–H groups in total. The van der Waals surface area contributed by atoms with E-state index in [9.17, 15) is 0 Å². The highest BCUT2D eigenvalue weighted by molar-refractivity contribution is 4.62. The minimum absolute atomic E-state index is 0.0227.